The molecule has 1 aromatic rings. The molecule has 3 saturated carbocycles. The van der Waals surface area contributed by atoms with Crippen LogP contribution in [-0.2, 0) is 19.1 Å². The van der Waals surface area contributed by atoms with Gasteiger partial charge in [-0.25, -0.2) is 0 Å². The topological polar surface area (TPSA) is 124 Å². The summed E-state index contributed by atoms with van der Waals surface area (Å²) in [5, 5.41) is 10.9. The lowest BCUT2D eigenvalue weighted by atomic mass is 9.63. The smallest absolute Gasteiger partial charge is 0.309 e. The van der Waals surface area contributed by atoms with E-state index in [1.165, 1.54) is 23.1 Å². The minimum atomic E-state index is -0.587. The van der Waals surface area contributed by atoms with Gasteiger partial charge in [-0.1, -0.05) is 24.3 Å². The van der Waals surface area contributed by atoms with E-state index >= 15 is 0 Å². The van der Waals surface area contributed by atoms with Crippen LogP contribution in [-0.4, -0.2) is 46.0 Å². The summed E-state index contributed by atoms with van der Waals surface area (Å²) in [6.07, 6.45) is 7.52. The molecule has 6 atom stereocenters. The van der Waals surface area contributed by atoms with Gasteiger partial charge in [0, 0.05) is 23.7 Å². The van der Waals surface area contributed by atoms with Gasteiger partial charge in [0.25, 0.3) is 5.69 Å². The van der Waals surface area contributed by atoms with Crippen molar-refractivity contribution in [1.29, 1.82) is 0 Å². The summed E-state index contributed by atoms with van der Waals surface area (Å²) in [5.41, 5.74) is -0.0866. The number of benzene rings is 1. The molecule has 6 aliphatic rings. The van der Waals surface area contributed by atoms with Crippen LogP contribution < -0.4 is 0 Å². The average Bonchev–Trinajstić information content (AvgIpc) is 3.65. The van der Waals surface area contributed by atoms with Gasteiger partial charge < -0.3 is 4.74 Å². The Morgan fingerprint density at radius 3 is 2.23 bits per heavy atom. The number of rotatable bonds is 6. The Balaban J connectivity index is 1.03. The van der Waals surface area contributed by atoms with Crippen LogP contribution in [0.1, 0.15) is 42.5 Å². The fourth-order valence-electron chi connectivity index (χ4n) is 7.04. The summed E-state index contributed by atoms with van der Waals surface area (Å²) < 4.78 is 5.22. The molecule has 7 rings (SSSR count). The van der Waals surface area contributed by atoms with Crippen molar-refractivity contribution in [3.8, 4) is 0 Å². The average molecular weight is 479 g/mol. The second-order valence-electron chi connectivity index (χ2n) is 10.5. The van der Waals surface area contributed by atoms with Crippen molar-refractivity contribution in [1.82, 2.24) is 4.90 Å². The normalized spacial score (nSPS) is 36.5. The molecule has 1 heterocycles. The van der Waals surface area contributed by atoms with Gasteiger partial charge in [-0.05, 0) is 55.8 Å². The minimum absolute atomic E-state index is 0.0294. The maximum atomic E-state index is 13.3. The van der Waals surface area contributed by atoms with Crippen molar-refractivity contribution in [2.45, 2.75) is 38.1 Å². The van der Waals surface area contributed by atoms with Gasteiger partial charge in [0.1, 0.15) is 0 Å². The third-order valence-electron chi connectivity index (χ3n) is 8.82. The van der Waals surface area contributed by atoms with Crippen molar-refractivity contribution in [3.63, 3.8) is 0 Å². The van der Waals surface area contributed by atoms with Crippen LogP contribution in [0.4, 0.5) is 5.69 Å². The summed E-state index contributed by atoms with van der Waals surface area (Å²) in [6, 6.07) is 5.12. The number of nitro benzene ring substituents is 1. The van der Waals surface area contributed by atoms with Crippen LogP contribution in [0, 0.1) is 51.5 Å². The lowest BCUT2D eigenvalue weighted by Crippen LogP contribution is -2.44. The van der Waals surface area contributed by atoms with Crippen LogP contribution in [0.25, 0.3) is 0 Å². The number of amides is 2. The van der Waals surface area contributed by atoms with Gasteiger partial charge in [-0.3, -0.25) is 34.2 Å². The van der Waals surface area contributed by atoms with E-state index in [1.54, 1.807) is 0 Å². The number of carbonyl (C=O) groups excluding carboxylic acids is 4. The summed E-state index contributed by atoms with van der Waals surface area (Å²) >= 11 is 0. The molecule has 0 radical (unpaired) electrons. The first-order valence-corrected chi connectivity index (χ1v) is 12.3. The molecular formula is C26H26N2O7. The van der Waals surface area contributed by atoms with Gasteiger partial charge in [0.2, 0.25) is 17.6 Å². The van der Waals surface area contributed by atoms with Crippen molar-refractivity contribution >= 4 is 29.3 Å². The number of ether oxygens (including phenoxy) is 1. The Kier molecular flexibility index (Phi) is 5.12. The Morgan fingerprint density at radius 2 is 1.63 bits per heavy atom. The first-order valence-electron chi connectivity index (χ1n) is 12.3. The predicted molar refractivity (Wildman–Crippen MR) is 121 cm³/mol. The molecule has 0 spiro atoms. The number of hydrogen-bond acceptors (Lipinski definition) is 7. The highest BCUT2D eigenvalue weighted by Gasteiger charge is 2.67. The molecule has 2 amide bonds. The van der Waals surface area contributed by atoms with Crippen LogP contribution in [0.15, 0.2) is 36.4 Å². The number of esters is 1. The number of likely N-dealkylation sites (tertiary alicyclic amines) is 1. The Labute approximate surface area is 201 Å². The monoisotopic (exact) mass is 478 g/mol. The molecular weight excluding hydrogens is 452 g/mol. The first kappa shape index (κ1) is 22.1. The molecule has 0 aromatic heterocycles. The molecule has 0 unspecified atom stereocenters. The van der Waals surface area contributed by atoms with Gasteiger partial charge in [0.15, 0.2) is 6.61 Å². The quantitative estimate of drug-likeness (QED) is 0.154. The fraction of sp³-hybridized carbons (Fsp3) is 0.538. The van der Waals surface area contributed by atoms with Crippen LogP contribution in [0.3, 0.4) is 0 Å². The number of imide groups is 1. The maximum Gasteiger partial charge on any atom is 0.309 e. The molecule has 2 bridgehead atoms. The van der Waals surface area contributed by atoms with Gasteiger partial charge >= 0.3 is 5.97 Å². The molecule has 5 aliphatic carbocycles. The molecule has 1 aromatic carbocycles. The molecule has 35 heavy (non-hydrogen) atoms. The molecule has 182 valence electrons. The second-order valence-corrected chi connectivity index (χ2v) is 10.5. The minimum Gasteiger partial charge on any atom is -0.457 e. The molecule has 1 aliphatic heterocycles. The van der Waals surface area contributed by atoms with E-state index in [1.807, 2.05) is 0 Å². The van der Waals surface area contributed by atoms with E-state index in [-0.39, 0.29) is 52.8 Å². The zero-order valence-corrected chi connectivity index (χ0v) is 19.1. The highest BCUT2D eigenvalue weighted by Crippen LogP contribution is 2.65. The number of non-ortho nitro benzene ring substituents is 1. The van der Waals surface area contributed by atoms with Gasteiger partial charge in [0.05, 0.1) is 22.7 Å². The highest BCUT2D eigenvalue weighted by molar-refractivity contribution is 6.06. The van der Waals surface area contributed by atoms with Crippen LogP contribution >= 0.6 is 0 Å². The number of nitrogens with zero attached hydrogens (tertiary/aromatic N) is 2. The van der Waals surface area contributed by atoms with E-state index < -0.39 is 29.2 Å². The Hall–Kier alpha value is -3.36. The standard InChI is InChI=1S/C26H26N2O7/c29-21(14-2-1-3-16(10-14)28(33)34)12-35-26(32)13-4-6-15(7-5-13)27-24(30)22-17-8-9-18(20-11-19(17)20)23(22)25(27)31/h1-3,8-10,13,15,17-20,22-23H,4-7,11-12H2/t13?,15?,17-,18-,19-,20-,22+,23+/m0/s1. The first-order chi connectivity index (χ1) is 16.8. The summed E-state index contributed by atoms with van der Waals surface area (Å²) in [4.78, 5) is 63.3. The van der Waals surface area contributed by atoms with E-state index in [4.69, 9.17) is 4.74 Å². The molecule has 9 heteroatoms. The number of allylic oxidation sites excluding steroid dienone is 2. The molecule has 1 saturated heterocycles. The lowest BCUT2D eigenvalue weighted by molar-refractivity contribution is -0.384. The van der Waals surface area contributed by atoms with E-state index in [9.17, 15) is 29.3 Å². The zero-order valence-electron chi connectivity index (χ0n) is 19.1. The molecule has 4 fully saturated rings. The predicted octanol–water partition coefficient (Wildman–Crippen LogP) is 2.93. The van der Waals surface area contributed by atoms with Gasteiger partial charge in [-0.2, -0.15) is 0 Å². The number of nitro groups is 1. The number of Topliss-reactive ketones (excluding diaryl/α,β-unsaturated/α-hetero) is 1. The van der Waals surface area contributed by atoms with E-state index in [0.717, 1.165) is 12.5 Å². The lowest BCUT2D eigenvalue weighted by Gasteiger charge is -2.37. The van der Waals surface area contributed by atoms with Crippen molar-refractivity contribution in [2.75, 3.05) is 6.61 Å². The summed E-state index contributed by atoms with van der Waals surface area (Å²) in [7, 11) is 0. The van der Waals surface area contributed by atoms with Crippen molar-refractivity contribution in [3.05, 3.63) is 52.1 Å². The SMILES string of the molecule is O=C(COC(=O)C1CCC(N2C(=O)[C@@H]3[C@H]4C=C[C@@H]([C@@H]5C[C@@H]45)[C@H]3C2=O)CC1)c1cccc([N+](=O)[O-])c1. The van der Waals surface area contributed by atoms with Crippen molar-refractivity contribution < 1.29 is 28.8 Å². The largest absolute Gasteiger partial charge is 0.457 e. The molecule has 0 N–H and O–H groups in total. The summed E-state index contributed by atoms with van der Waals surface area (Å²) in [5.74, 6) is -0.326. The number of carbonyl (C=O) groups is 4. The zero-order chi connectivity index (χ0) is 24.4. The number of ketones is 1. The Morgan fingerprint density at radius 1 is 1.00 bits per heavy atom. The second kappa shape index (κ2) is 8.10. The van der Waals surface area contributed by atoms with Crippen LogP contribution in [0.2, 0.25) is 0 Å². The third kappa shape index (κ3) is 3.51. The molecule has 9 nitrogen and oxygen atoms in total. The van der Waals surface area contributed by atoms with E-state index in [0.29, 0.717) is 37.5 Å². The highest BCUT2D eigenvalue weighted by atomic mass is 16.6. The van der Waals surface area contributed by atoms with Gasteiger partial charge in [-0.15, -0.1) is 0 Å². The van der Waals surface area contributed by atoms with Crippen LogP contribution in [0.5, 0.6) is 0 Å². The van der Waals surface area contributed by atoms with Crippen molar-refractivity contribution in [2.24, 2.45) is 41.4 Å². The third-order valence-corrected chi connectivity index (χ3v) is 8.82. The fourth-order valence-corrected chi connectivity index (χ4v) is 7.04. The summed E-state index contributed by atoms with van der Waals surface area (Å²) in [6.45, 7) is -0.482. The number of hydrogen-bond donors (Lipinski definition) is 0. The van der Waals surface area contributed by atoms with E-state index in [2.05, 4.69) is 12.2 Å². The Bertz CT molecular complexity index is 1130. The maximum absolute atomic E-state index is 13.3.